The van der Waals surface area contributed by atoms with Gasteiger partial charge in [0, 0.05) is 16.6 Å². The molecule has 0 aliphatic rings. The Morgan fingerprint density at radius 2 is 1.83 bits per heavy atom. The van der Waals surface area contributed by atoms with Crippen molar-refractivity contribution in [2.45, 2.75) is 13.2 Å². The molecule has 0 spiro atoms. The van der Waals surface area contributed by atoms with Crippen molar-refractivity contribution in [2.75, 3.05) is 0 Å². The fraction of sp³-hybridized carbons (Fsp3) is 0.143. The number of nitrogens with two attached hydrogens (primary N) is 1. The Hall–Kier alpha value is -1.39. The third-order valence-corrected chi connectivity index (χ3v) is 3.05. The molecule has 2 aromatic carbocycles. The molecule has 0 atom stereocenters. The van der Waals surface area contributed by atoms with Crippen molar-refractivity contribution in [1.82, 2.24) is 0 Å². The second-order valence-electron chi connectivity index (χ2n) is 3.87. The molecule has 18 heavy (non-hydrogen) atoms. The maximum absolute atomic E-state index is 13.5. The Balaban J connectivity index is 2.04. The highest BCUT2D eigenvalue weighted by Gasteiger charge is 2.04. The molecule has 94 valence electrons. The van der Waals surface area contributed by atoms with E-state index in [1.807, 2.05) is 24.3 Å². The van der Waals surface area contributed by atoms with Crippen LogP contribution in [0, 0.1) is 5.82 Å². The van der Waals surface area contributed by atoms with Crippen molar-refractivity contribution in [3.63, 3.8) is 0 Å². The van der Waals surface area contributed by atoms with Crippen LogP contribution in [0.25, 0.3) is 0 Å². The van der Waals surface area contributed by atoms with Crippen LogP contribution in [0.5, 0.6) is 5.75 Å². The van der Waals surface area contributed by atoms with Gasteiger partial charge < -0.3 is 10.5 Å². The topological polar surface area (TPSA) is 35.2 Å². The van der Waals surface area contributed by atoms with Crippen LogP contribution in [0.15, 0.2) is 46.9 Å². The lowest BCUT2D eigenvalue weighted by Gasteiger charge is -2.08. The first-order valence-electron chi connectivity index (χ1n) is 5.55. The molecule has 0 bridgehead atoms. The predicted octanol–water partition coefficient (Wildman–Crippen LogP) is 3.63. The van der Waals surface area contributed by atoms with E-state index < -0.39 is 0 Å². The summed E-state index contributed by atoms with van der Waals surface area (Å²) in [4.78, 5) is 0. The zero-order valence-corrected chi connectivity index (χ0v) is 11.3. The van der Waals surface area contributed by atoms with Crippen molar-refractivity contribution in [1.29, 1.82) is 0 Å². The molecule has 0 radical (unpaired) electrons. The summed E-state index contributed by atoms with van der Waals surface area (Å²) in [5.41, 5.74) is 7.06. The van der Waals surface area contributed by atoms with Gasteiger partial charge in [0.05, 0.1) is 0 Å². The summed E-state index contributed by atoms with van der Waals surface area (Å²) in [5, 5.41) is 0. The Bertz CT molecular complexity index is 528. The number of rotatable bonds is 4. The number of hydrogen-bond acceptors (Lipinski definition) is 2. The fourth-order valence-electron chi connectivity index (χ4n) is 1.54. The summed E-state index contributed by atoms with van der Waals surface area (Å²) in [6.45, 7) is 0.702. The number of halogens is 2. The van der Waals surface area contributed by atoms with E-state index in [4.69, 9.17) is 10.5 Å². The van der Waals surface area contributed by atoms with Crippen molar-refractivity contribution in [2.24, 2.45) is 5.73 Å². The minimum Gasteiger partial charge on any atom is -0.489 e. The van der Waals surface area contributed by atoms with E-state index in [1.165, 1.54) is 6.07 Å². The van der Waals surface area contributed by atoms with Gasteiger partial charge in [0.1, 0.15) is 18.2 Å². The first kappa shape index (κ1) is 13.1. The van der Waals surface area contributed by atoms with Crippen molar-refractivity contribution < 1.29 is 9.13 Å². The maximum Gasteiger partial charge on any atom is 0.129 e. The van der Waals surface area contributed by atoms with Gasteiger partial charge in [0.15, 0.2) is 0 Å². The first-order chi connectivity index (χ1) is 8.69. The molecule has 0 saturated heterocycles. The van der Waals surface area contributed by atoms with E-state index >= 15 is 0 Å². The molecule has 2 nitrogen and oxygen atoms in total. The monoisotopic (exact) mass is 309 g/mol. The largest absolute Gasteiger partial charge is 0.489 e. The summed E-state index contributed by atoms with van der Waals surface area (Å²) in [7, 11) is 0. The van der Waals surface area contributed by atoms with E-state index in [0.29, 0.717) is 17.9 Å². The van der Waals surface area contributed by atoms with Crippen molar-refractivity contribution in [3.8, 4) is 5.75 Å². The highest BCUT2D eigenvalue weighted by Crippen LogP contribution is 2.18. The minimum absolute atomic E-state index is 0.202. The Labute approximate surface area is 114 Å². The molecule has 0 fully saturated rings. The van der Waals surface area contributed by atoms with E-state index in [0.717, 1.165) is 10.0 Å². The number of hydrogen-bond donors (Lipinski definition) is 1. The van der Waals surface area contributed by atoms with Gasteiger partial charge in [-0.2, -0.15) is 0 Å². The van der Waals surface area contributed by atoms with Crippen LogP contribution in [0.4, 0.5) is 4.39 Å². The molecular weight excluding hydrogens is 297 g/mol. The van der Waals surface area contributed by atoms with Crippen LogP contribution in [-0.4, -0.2) is 0 Å². The highest BCUT2D eigenvalue weighted by atomic mass is 79.9. The second-order valence-corrected chi connectivity index (χ2v) is 4.79. The van der Waals surface area contributed by atoms with Crippen molar-refractivity contribution >= 4 is 15.9 Å². The highest BCUT2D eigenvalue weighted by molar-refractivity contribution is 9.10. The quantitative estimate of drug-likeness (QED) is 0.936. The summed E-state index contributed by atoms with van der Waals surface area (Å²) >= 11 is 3.31. The van der Waals surface area contributed by atoms with Gasteiger partial charge in [-0.3, -0.25) is 0 Å². The molecule has 2 rings (SSSR count). The van der Waals surface area contributed by atoms with Crippen LogP contribution >= 0.6 is 15.9 Å². The summed E-state index contributed by atoms with van der Waals surface area (Å²) < 4.78 is 19.8. The van der Waals surface area contributed by atoms with Gasteiger partial charge in [0.25, 0.3) is 0 Å². The Morgan fingerprint density at radius 1 is 1.11 bits per heavy atom. The lowest BCUT2D eigenvalue weighted by atomic mass is 10.2. The first-order valence-corrected chi connectivity index (χ1v) is 6.34. The van der Waals surface area contributed by atoms with Gasteiger partial charge in [-0.1, -0.05) is 28.1 Å². The molecule has 0 aliphatic heterocycles. The van der Waals surface area contributed by atoms with Gasteiger partial charge in [-0.15, -0.1) is 0 Å². The predicted molar refractivity (Wildman–Crippen MR) is 72.8 cm³/mol. The van der Waals surface area contributed by atoms with E-state index in [1.54, 1.807) is 12.1 Å². The van der Waals surface area contributed by atoms with Gasteiger partial charge >= 0.3 is 0 Å². The summed E-state index contributed by atoms with van der Waals surface area (Å²) in [5.74, 6) is 0.434. The van der Waals surface area contributed by atoms with E-state index in [-0.39, 0.29) is 12.4 Å². The van der Waals surface area contributed by atoms with Crippen LogP contribution in [0.2, 0.25) is 0 Å². The Kier molecular flexibility index (Phi) is 4.33. The Morgan fingerprint density at radius 3 is 2.50 bits per heavy atom. The zero-order chi connectivity index (χ0) is 13.0. The molecule has 0 heterocycles. The molecular formula is C14H13BrFNO. The molecule has 0 aliphatic carbocycles. The fourth-order valence-corrected chi connectivity index (χ4v) is 1.95. The molecule has 2 N–H and O–H groups in total. The summed E-state index contributed by atoms with van der Waals surface area (Å²) in [6.07, 6.45) is 0. The van der Waals surface area contributed by atoms with Crippen LogP contribution in [0.3, 0.4) is 0 Å². The van der Waals surface area contributed by atoms with Crippen LogP contribution in [0.1, 0.15) is 11.1 Å². The molecule has 4 heteroatoms. The third kappa shape index (κ3) is 3.31. The number of ether oxygens (including phenoxy) is 1. The number of benzene rings is 2. The maximum atomic E-state index is 13.5. The average molecular weight is 310 g/mol. The zero-order valence-electron chi connectivity index (χ0n) is 9.70. The lowest BCUT2D eigenvalue weighted by Crippen LogP contribution is -1.99. The average Bonchev–Trinajstić information content (AvgIpc) is 2.40. The van der Waals surface area contributed by atoms with Crippen molar-refractivity contribution in [3.05, 3.63) is 63.9 Å². The smallest absolute Gasteiger partial charge is 0.129 e. The van der Waals surface area contributed by atoms with Crippen LogP contribution < -0.4 is 10.5 Å². The standard InChI is InChI=1S/C14H13BrFNO/c15-12-3-6-14(16)11(7-12)9-18-13-4-1-10(8-17)2-5-13/h1-7H,8-9,17H2. The molecule has 0 amide bonds. The van der Waals surface area contributed by atoms with Gasteiger partial charge in [-0.05, 0) is 35.9 Å². The van der Waals surface area contributed by atoms with Gasteiger partial charge in [0.2, 0.25) is 0 Å². The SMILES string of the molecule is NCc1ccc(OCc2cc(Br)ccc2F)cc1. The second kappa shape index (κ2) is 5.98. The molecule has 2 aromatic rings. The molecule has 0 aromatic heterocycles. The third-order valence-electron chi connectivity index (χ3n) is 2.56. The molecule has 0 unspecified atom stereocenters. The van der Waals surface area contributed by atoms with Gasteiger partial charge in [-0.25, -0.2) is 4.39 Å². The van der Waals surface area contributed by atoms with E-state index in [9.17, 15) is 4.39 Å². The lowest BCUT2D eigenvalue weighted by molar-refractivity contribution is 0.299. The van der Waals surface area contributed by atoms with E-state index in [2.05, 4.69) is 15.9 Å². The molecule has 0 saturated carbocycles. The summed E-state index contributed by atoms with van der Waals surface area (Å²) in [6, 6.07) is 12.2. The normalized spacial score (nSPS) is 10.4. The minimum atomic E-state index is -0.267. The van der Waals surface area contributed by atoms with Crippen LogP contribution in [-0.2, 0) is 13.2 Å².